The molecule has 3 N–H and O–H groups in total. The van der Waals surface area contributed by atoms with Crippen LogP contribution in [0.2, 0.25) is 0 Å². The van der Waals surface area contributed by atoms with Crippen LogP contribution >= 0.6 is 0 Å². The van der Waals surface area contributed by atoms with Crippen LogP contribution in [0.25, 0.3) is 0 Å². The Labute approximate surface area is 163 Å². The molecule has 7 heteroatoms. The number of hydrogen-bond donors (Lipinski definition) is 3. The van der Waals surface area contributed by atoms with Gasteiger partial charge in [0.15, 0.2) is 0 Å². The lowest BCUT2D eigenvalue weighted by atomic mass is 10.1. The maximum absolute atomic E-state index is 12.3. The fourth-order valence-corrected chi connectivity index (χ4v) is 2.61. The van der Waals surface area contributed by atoms with Crippen LogP contribution in [-0.4, -0.2) is 28.3 Å². The minimum absolute atomic E-state index is 0.150. The Balaban J connectivity index is 1.60. The third-order valence-electron chi connectivity index (χ3n) is 3.87. The Morgan fingerprint density at radius 1 is 0.964 bits per heavy atom. The van der Waals surface area contributed by atoms with E-state index in [0.29, 0.717) is 23.9 Å². The molecule has 3 aromatic rings. The van der Waals surface area contributed by atoms with Gasteiger partial charge in [-0.3, -0.25) is 9.59 Å². The van der Waals surface area contributed by atoms with Gasteiger partial charge in [0, 0.05) is 31.0 Å². The second-order valence-corrected chi connectivity index (χ2v) is 6.14. The third kappa shape index (κ3) is 5.63. The fraction of sp³-hybridized carbons (Fsp3) is 0.143. The summed E-state index contributed by atoms with van der Waals surface area (Å²) in [7, 11) is 0. The molecule has 0 aliphatic carbocycles. The van der Waals surface area contributed by atoms with Gasteiger partial charge in [0.2, 0.25) is 11.9 Å². The molecule has 28 heavy (non-hydrogen) atoms. The molecular formula is C21H21N5O2. The molecule has 0 atom stereocenters. The fourth-order valence-electron chi connectivity index (χ4n) is 2.61. The van der Waals surface area contributed by atoms with Crippen molar-refractivity contribution in [2.75, 3.05) is 17.2 Å². The molecule has 142 valence electrons. The van der Waals surface area contributed by atoms with Crippen molar-refractivity contribution < 1.29 is 9.59 Å². The predicted molar refractivity (Wildman–Crippen MR) is 109 cm³/mol. The molecule has 0 saturated carbocycles. The van der Waals surface area contributed by atoms with E-state index in [1.165, 1.54) is 13.1 Å². The van der Waals surface area contributed by atoms with E-state index in [-0.39, 0.29) is 17.5 Å². The Morgan fingerprint density at radius 2 is 1.75 bits per heavy atom. The number of carbonyl (C=O) groups is 2. The number of aromatic nitrogens is 2. The van der Waals surface area contributed by atoms with E-state index in [1.807, 2.05) is 36.4 Å². The van der Waals surface area contributed by atoms with Crippen LogP contribution in [0.1, 0.15) is 23.0 Å². The van der Waals surface area contributed by atoms with Crippen molar-refractivity contribution in [2.45, 2.75) is 13.3 Å². The first-order valence-electron chi connectivity index (χ1n) is 8.90. The SMILES string of the molecule is CC(=O)Nc1cccc(Nc2nccc(C(=O)NCCc3ccccc3)n2)c1. The van der Waals surface area contributed by atoms with Gasteiger partial charge in [-0.1, -0.05) is 36.4 Å². The Morgan fingerprint density at radius 3 is 2.54 bits per heavy atom. The minimum atomic E-state index is -0.256. The first kappa shape index (κ1) is 19.0. The van der Waals surface area contributed by atoms with Gasteiger partial charge < -0.3 is 16.0 Å². The molecule has 2 aromatic carbocycles. The quantitative estimate of drug-likeness (QED) is 0.590. The summed E-state index contributed by atoms with van der Waals surface area (Å²) < 4.78 is 0. The highest BCUT2D eigenvalue weighted by atomic mass is 16.2. The minimum Gasteiger partial charge on any atom is -0.350 e. The van der Waals surface area contributed by atoms with E-state index in [2.05, 4.69) is 25.9 Å². The maximum Gasteiger partial charge on any atom is 0.270 e. The summed E-state index contributed by atoms with van der Waals surface area (Å²) in [6.07, 6.45) is 2.28. The van der Waals surface area contributed by atoms with Gasteiger partial charge in [-0.2, -0.15) is 0 Å². The normalized spacial score (nSPS) is 10.2. The average molecular weight is 375 g/mol. The lowest BCUT2D eigenvalue weighted by molar-refractivity contribution is -0.114. The van der Waals surface area contributed by atoms with Gasteiger partial charge >= 0.3 is 0 Å². The Kier molecular flexibility index (Phi) is 6.30. The first-order chi connectivity index (χ1) is 13.6. The van der Waals surface area contributed by atoms with Crippen molar-refractivity contribution in [2.24, 2.45) is 0 Å². The van der Waals surface area contributed by atoms with Crippen LogP contribution < -0.4 is 16.0 Å². The molecule has 0 aliphatic rings. The highest BCUT2D eigenvalue weighted by Crippen LogP contribution is 2.18. The zero-order valence-corrected chi connectivity index (χ0v) is 15.5. The second kappa shape index (κ2) is 9.27. The number of carbonyl (C=O) groups excluding carboxylic acids is 2. The van der Waals surface area contributed by atoms with E-state index in [0.717, 1.165) is 12.0 Å². The van der Waals surface area contributed by atoms with Gasteiger partial charge in [0.1, 0.15) is 5.69 Å². The average Bonchev–Trinajstić information content (AvgIpc) is 2.69. The van der Waals surface area contributed by atoms with Gasteiger partial charge in [-0.25, -0.2) is 9.97 Å². The van der Waals surface area contributed by atoms with Crippen LogP contribution in [0.15, 0.2) is 66.9 Å². The molecule has 0 fully saturated rings. The number of rotatable bonds is 7. The zero-order chi connectivity index (χ0) is 19.8. The molecule has 1 heterocycles. The van der Waals surface area contributed by atoms with Crippen LogP contribution in [0, 0.1) is 0 Å². The van der Waals surface area contributed by atoms with Crippen molar-refractivity contribution in [1.82, 2.24) is 15.3 Å². The van der Waals surface area contributed by atoms with Crippen LogP contribution in [0.5, 0.6) is 0 Å². The highest BCUT2D eigenvalue weighted by Gasteiger charge is 2.09. The molecular weight excluding hydrogens is 354 g/mol. The number of nitrogens with zero attached hydrogens (tertiary/aromatic N) is 2. The van der Waals surface area contributed by atoms with E-state index < -0.39 is 0 Å². The molecule has 3 rings (SSSR count). The molecule has 0 bridgehead atoms. The lowest BCUT2D eigenvalue weighted by Crippen LogP contribution is -2.26. The Bertz CT molecular complexity index is 960. The van der Waals surface area contributed by atoms with Crippen LogP contribution in [-0.2, 0) is 11.2 Å². The predicted octanol–water partition coefficient (Wildman–Crippen LogP) is 3.15. The number of anilines is 3. The molecule has 0 spiro atoms. The van der Waals surface area contributed by atoms with E-state index in [9.17, 15) is 9.59 Å². The van der Waals surface area contributed by atoms with Crippen LogP contribution in [0.4, 0.5) is 17.3 Å². The molecule has 0 saturated heterocycles. The highest BCUT2D eigenvalue weighted by molar-refractivity contribution is 5.92. The van der Waals surface area contributed by atoms with Gasteiger partial charge in [-0.15, -0.1) is 0 Å². The lowest BCUT2D eigenvalue weighted by Gasteiger charge is -2.09. The van der Waals surface area contributed by atoms with Crippen molar-refractivity contribution in [3.8, 4) is 0 Å². The summed E-state index contributed by atoms with van der Waals surface area (Å²) in [6, 6.07) is 18.7. The maximum atomic E-state index is 12.3. The molecule has 1 aromatic heterocycles. The largest absolute Gasteiger partial charge is 0.350 e. The summed E-state index contributed by atoms with van der Waals surface area (Å²) in [5, 5.41) is 8.62. The number of amides is 2. The molecule has 7 nitrogen and oxygen atoms in total. The topological polar surface area (TPSA) is 96.0 Å². The van der Waals surface area contributed by atoms with Crippen molar-refractivity contribution >= 4 is 29.1 Å². The zero-order valence-electron chi connectivity index (χ0n) is 15.5. The Hall–Kier alpha value is -3.74. The molecule has 0 aliphatic heterocycles. The smallest absolute Gasteiger partial charge is 0.270 e. The summed E-state index contributed by atoms with van der Waals surface area (Å²) in [6.45, 7) is 1.97. The third-order valence-corrected chi connectivity index (χ3v) is 3.87. The monoisotopic (exact) mass is 375 g/mol. The van der Waals surface area contributed by atoms with E-state index >= 15 is 0 Å². The summed E-state index contributed by atoms with van der Waals surface area (Å²) in [5.41, 5.74) is 2.80. The van der Waals surface area contributed by atoms with Crippen molar-refractivity contribution in [1.29, 1.82) is 0 Å². The summed E-state index contributed by atoms with van der Waals surface area (Å²) >= 11 is 0. The number of benzene rings is 2. The number of hydrogen-bond acceptors (Lipinski definition) is 5. The molecule has 0 unspecified atom stereocenters. The second-order valence-electron chi connectivity index (χ2n) is 6.14. The molecule has 2 amide bonds. The summed E-state index contributed by atoms with van der Waals surface area (Å²) in [5.74, 6) is -0.105. The molecule has 0 radical (unpaired) electrons. The number of nitrogens with one attached hydrogen (secondary N) is 3. The van der Waals surface area contributed by atoms with Crippen molar-refractivity contribution in [3.63, 3.8) is 0 Å². The standard InChI is InChI=1S/C21H21N5O2/c1-15(27)24-17-8-5-9-18(14-17)25-21-23-13-11-19(26-21)20(28)22-12-10-16-6-3-2-4-7-16/h2-9,11,13-14H,10,12H2,1H3,(H,22,28)(H,24,27)(H,23,25,26). The van der Waals surface area contributed by atoms with Gasteiger partial charge in [0.05, 0.1) is 0 Å². The van der Waals surface area contributed by atoms with Crippen molar-refractivity contribution in [3.05, 3.63) is 78.1 Å². The van der Waals surface area contributed by atoms with E-state index in [4.69, 9.17) is 0 Å². The van der Waals surface area contributed by atoms with Gasteiger partial charge in [0.25, 0.3) is 5.91 Å². The summed E-state index contributed by atoms with van der Waals surface area (Å²) in [4.78, 5) is 31.9. The van der Waals surface area contributed by atoms with Crippen LogP contribution in [0.3, 0.4) is 0 Å². The van der Waals surface area contributed by atoms with Gasteiger partial charge in [-0.05, 0) is 36.2 Å². The first-order valence-corrected chi connectivity index (χ1v) is 8.90. The van der Waals surface area contributed by atoms with E-state index in [1.54, 1.807) is 24.3 Å².